The Bertz CT molecular complexity index is 1270. The summed E-state index contributed by atoms with van der Waals surface area (Å²) in [6, 6.07) is 6.03. The molecule has 0 bridgehead atoms. The molecule has 0 spiro atoms. The van der Waals surface area contributed by atoms with Crippen molar-refractivity contribution in [1.29, 1.82) is 0 Å². The summed E-state index contributed by atoms with van der Waals surface area (Å²) in [4.78, 5) is 20.7. The molecule has 0 amide bonds. The second-order valence-electron chi connectivity index (χ2n) is 7.33. The van der Waals surface area contributed by atoms with Crippen LogP contribution < -0.4 is 11.1 Å². The highest BCUT2D eigenvalue weighted by atomic mass is 32.2. The number of hydrogen-bond donors (Lipinski definition) is 3. The molecule has 4 rings (SSSR count). The molecule has 3 heterocycles. The van der Waals surface area contributed by atoms with E-state index in [9.17, 15) is 22.0 Å². The third-order valence-electron chi connectivity index (χ3n) is 5.19. The van der Waals surface area contributed by atoms with E-state index in [1.165, 1.54) is 28.7 Å². The van der Waals surface area contributed by atoms with E-state index in [0.717, 1.165) is 23.5 Å². The number of hydrogen-bond acceptors (Lipinski definition) is 9. The lowest BCUT2D eigenvalue weighted by atomic mass is 10.1. The standard InChI is InChI=1S/C20H19F2N5O3S3/c21-13-2-1-3-14(22)16(13)17(28)18-19(23)26-20(32-18)25-11-6-8-27(9-7-11)33(29,30)12-4-5-15(31)24-10-12/h1-5,10-11H,6-9,23H2,(H,24,31)(H,25,26). The number of sulfonamides is 1. The van der Waals surface area contributed by atoms with Crippen LogP contribution in [0.3, 0.4) is 0 Å². The Labute approximate surface area is 198 Å². The number of rotatable bonds is 6. The van der Waals surface area contributed by atoms with Crippen molar-refractivity contribution in [2.75, 3.05) is 24.1 Å². The predicted molar refractivity (Wildman–Crippen MR) is 123 cm³/mol. The van der Waals surface area contributed by atoms with Crippen LogP contribution in [-0.4, -0.2) is 47.6 Å². The van der Waals surface area contributed by atoms with Crippen molar-refractivity contribution in [2.24, 2.45) is 0 Å². The van der Waals surface area contributed by atoms with Crippen LogP contribution >= 0.6 is 24.0 Å². The highest BCUT2D eigenvalue weighted by Gasteiger charge is 2.30. The average Bonchev–Trinajstić information content (AvgIpc) is 3.14. The van der Waals surface area contributed by atoms with Crippen LogP contribution in [0, 0.1) is 11.6 Å². The Balaban J connectivity index is 1.42. The van der Waals surface area contributed by atoms with Crippen LogP contribution in [0.4, 0.5) is 19.7 Å². The normalized spacial score (nSPS) is 15.5. The maximum atomic E-state index is 14.0. The first-order chi connectivity index (χ1) is 15.7. The van der Waals surface area contributed by atoms with Gasteiger partial charge < -0.3 is 11.1 Å². The van der Waals surface area contributed by atoms with Gasteiger partial charge in [0.25, 0.3) is 0 Å². The fourth-order valence-electron chi connectivity index (χ4n) is 3.47. The van der Waals surface area contributed by atoms with Crippen molar-refractivity contribution >= 4 is 50.7 Å². The molecule has 8 nitrogen and oxygen atoms in total. The Morgan fingerprint density at radius 1 is 1.18 bits per heavy atom. The molecule has 1 aliphatic heterocycles. The first kappa shape index (κ1) is 23.5. The van der Waals surface area contributed by atoms with Crippen molar-refractivity contribution in [3.8, 4) is 0 Å². The maximum absolute atomic E-state index is 14.0. The molecule has 2 aromatic heterocycles. The van der Waals surface area contributed by atoms with Gasteiger partial charge in [0.15, 0.2) is 5.13 Å². The molecule has 3 aromatic rings. The number of aromatic nitrogens is 2. The van der Waals surface area contributed by atoms with Gasteiger partial charge in [-0.25, -0.2) is 27.2 Å². The number of anilines is 2. The molecule has 13 heteroatoms. The first-order valence-electron chi connectivity index (χ1n) is 9.83. The number of nitrogens with zero attached hydrogens (tertiary/aromatic N) is 3. The van der Waals surface area contributed by atoms with Gasteiger partial charge in [-0.3, -0.25) is 4.79 Å². The summed E-state index contributed by atoms with van der Waals surface area (Å²) in [5.74, 6) is -2.96. The number of nitrogen functional groups attached to an aromatic ring is 1. The second kappa shape index (κ2) is 9.33. The van der Waals surface area contributed by atoms with Crippen LogP contribution in [-0.2, 0) is 10.0 Å². The van der Waals surface area contributed by atoms with Gasteiger partial charge in [-0.15, -0.1) is 12.6 Å². The summed E-state index contributed by atoms with van der Waals surface area (Å²) in [6.07, 6.45) is 2.25. The molecule has 33 heavy (non-hydrogen) atoms. The highest BCUT2D eigenvalue weighted by Crippen LogP contribution is 2.31. The van der Waals surface area contributed by atoms with Gasteiger partial charge in [0.1, 0.15) is 27.2 Å². The Kier molecular flexibility index (Phi) is 6.66. The molecule has 1 saturated heterocycles. The fraction of sp³-hybridized carbons (Fsp3) is 0.250. The van der Waals surface area contributed by atoms with Crippen molar-refractivity contribution < 1.29 is 22.0 Å². The van der Waals surface area contributed by atoms with Gasteiger partial charge in [-0.1, -0.05) is 17.4 Å². The molecular weight excluding hydrogens is 492 g/mol. The Hall–Kier alpha value is -2.61. The molecule has 0 atom stereocenters. The predicted octanol–water partition coefficient (Wildman–Crippen LogP) is 3.18. The minimum absolute atomic E-state index is 0.0679. The third-order valence-corrected chi connectivity index (χ3v) is 8.34. The maximum Gasteiger partial charge on any atom is 0.244 e. The number of pyridine rings is 1. The number of thiol groups is 1. The summed E-state index contributed by atoms with van der Waals surface area (Å²) >= 11 is 4.97. The van der Waals surface area contributed by atoms with Gasteiger partial charge in [0, 0.05) is 25.3 Å². The Morgan fingerprint density at radius 2 is 1.85 bits per heavy atom. The summed E-state index contributed by atoms with van der Waals surface area (Å²) in [5, 5.41) is 3.89. The SMILES string of the molecule is Nc1nc(NC2CCN(S(=O)(=O)c3ccc(S)nc3)CC2)sc1C(=O)c1c(F)cccc1F. The lowest BCUT2D eigenvalue weighted by Crippen LogP contribution is -2.42. The topological polar surface area (TPSA) is 118 Å². The molecule has 3 N–H and O–H groups in total. The van der Waals surface area contributed by atoms with E-state index in [1.54, 1.807) is 0 Å². The smallest absolute Gasteiger partial charge is 0.244 e. The third kappa shape index (κ3) is 4.86. The number of nitrogens with two attached hydrogens (primary N) is 1. The molecule has 0 aliphatic carbocycles. The zero-order chi connectivity index (χ0) is 23.8. The molecule has 0 radical (unpaired) electrons. The van der Waals surface area contributed by atoms with E-state index in [-0.39, 0.29) is 34.7 Å². The number of carbonyl (C=O) groups is 1. The van der Waals surface area contributed by atoms with Crippen molar-refractivity contribution in [1.82, 2.24) is 14.3 Å². The lowest BCUT2D eigenvalue weighted by molar-refractivity contribution is 0.103. The van der Waals surface area contributed by atoms with Gasteiger partial charge >= 0.3 is 0 Å². The van der Waals surface area contributed by atoms with E-state index >= 15 is 0 Å². The number of thiazole rings is 1. The Morgan fingerprint density at radius 3 is 2.45 bits per heavy atom. The molecule has 0 unspecified atom stereocenters. The van der Waals surface area contributed by atoms with Crippen LogP contribution in [0.25, 0.3) is 0 Å². The molecule has 1 fully saturated rings. The van der Waals surface area contributed by atoms with E-state index in [2.05, 4.69) is 27.9 Å². The molecule has 174 valence electrons. The van der Waals surface area contributed by atoms with Gasteiger partial charge in [0.2, 0.25) is 15.8 Å². The fourth-order valence-corrected chi connectivity index (χ4v) is 5.93. The number of carbonyl (C=O) groups excluding carboxylic acids is 1. The first-order valence-corrected chi connectivity index (χ1v) is 12.5. The van der Waals surface area contributed by atoms with Crippen molar-refractivity contribution in [2.45, 2.75) is 28.8 Å². The second-order valence-corrected chi connectivity index (χ2v) is 10.7. The van der Waals surface area contributed by atoms with Gasteiger partial charge in [-0.05, 0) is 37.1 Å². The largest absolute Gasteiger partial charge is 0.382 e. The minimum Gasteiger partial charge on any atom is -0.382 e. The monoisotopic (exact) mass is 511 g/mol. The van der Waals surface area contributed by atoms with Crippen molar-refractivity contribution in [3.63, 3.8) is 0 Å². The number of benzene rings is 1. The average molecular weight is 512 g/mol. The van der Waals surface area contributed by atoms with Crippen LogP contribution in [0.15, 0.2) is 46.5 Å². The quantitative estimate of drug-likeness (QED) is 0.344. The van der Waals surface area contributed by atoms with E-state index in [0.29, 0.717) is 23.0 Å². The van der Waals surface area contributed by atoms with Gasteiger partial charge in [-0.2, -0.15) is 4.31 Å². The summed E-state index contributed by atoms with van der Waals surface area (Å²) in [6.45, 7) is 0.547. The number of piperidine rings is 1. The molecule has 1 aromatic carbocycles. The molecular formula is C20H19F2N5O3S3. The number of nitrogens with one attached hydrogen (secondary N) is 1. The number of halogens is 2. The zero-order valence-corrected chi connectivity index (χ0v) is 19.6. The summed E-state index contributed by atoms with van der Waals surface area (Å²) < 4.78 is 54.9. The minimum atomic E-state index is -3.67. The van der Waals surface area contributed by atoms with E-state index in [1.807, 2.05) is 0 Å². The summed E-state index contributed by atoms with van der Waals surface area (Å²) in [7, 11) is -3.67. The van der Waals surface area contributed by atoms with E-state index < -0.39 is 33.0 Å². The number of ketones is 1. The molecule has 1 aliphatic rings. The van der Waals surface area contributed by atoms with Gasteiger partial charge in [0.05, 0.1) is 10.6 Å². The van der Waals surface area contributed by atoms with Crippen LogP contribution in [0.2, 0.25) is 0 Å². The van der Waals surface area contributed by atoms with Crippen molar-refractivity contribution in [3.05, 3.63) is 58.6 Å². The lowest BCUT2D eigenvalue weighted by Gasteiger charge is -2.31. The zero-order valence-electron chi connectivity index (χ0n) is 17.0. The van der Waals surface area contributed by atoms with Crippen LogP contribution in [0.5, 0.6) is 0 Å². The van der Waals surface area contributed by atoms with Crippen LogP contribution in [0.1, 0.15) is 28.1 Å². The molecule has 0 saturated carbocycles. The summed E-state index contributed by atoms with van der Waals surface area (Å²) in [5.41, 5.74) is 5.15. The highest BCUT2D eigenvalue weighted by molar-refractivity contribution is 7.89. The van der Waals surface area contributed by atoms with E-state index in [4.69, 9.17) is 5.73 Å².